The second-order valence-electron chi connectivity index (χ2n) is 4.37. The maximum Gasteiger partial charge on any atom is 0.227 e. The van der Waals surface area contributed by atoms with Crippen LogP contribution in [0, 0.1) is 0 Å². The average molecular weight is 241 g/mol. The molecule has 0 saturated carbocycles. The Labute approximate surface area is 106 Å². The van der Waals surface area contributed by atoms with Crippen molar-refractivity contribution in [1.82, 2.24) is 9.97 Å². The molecule has 1 N–H and O–H groups in total. The summed E-state index contributed by atoms with van der Waals surface area (Å²) in [6.45, 7) is 0. The number of nitrogens with zero attached hydrogens (tertiary/aromatic N) is 2. The first-order chi connectivity index (χ1) is 8.85. The minimum absolute atomic E-state index is 0.667. The van der Waals surface area contributed by atoms with Gasteiger partial charge in [-0.25, -0.2) is 9.97 Å². The molecule has 0 spiro atoms. The third-order valence-corrected chi connectivity index (χ3v) is 3.16. The Balaban J connectivity index is 1.79. The van der Waals surface area contributed by atoms with E-state index in [4.69, 9.17) is 4.74 Å². The lowest BCUT2D eigenvalue weighted by atomic mass is 10.3. The second kappa shape index (κ2) is 4.64. The van der Waals surface area contributed by atoms with Crippen LogP contribution in [0.25, 0.3) is 0 Å². The molecule has 2 aromatic rings. The van der Waals surface area contributed by atoms with E-state index in [1.54, 1.807) is 7.11 Å². The van der Waals surface area contributed by atoms with Crippen LogP contribution in [0.2, 0.25) is 0 Å². The van der Waals surface area contributed by atoms with Gasteiger partial charge in [-0.05, 0) is 49.1 Å². The van der Waals surface area contributed by atoms with Crippen molar-refractivity contribution in [3.8, 4) is 5.75 Å². The molecule has 0 atom stereocenters. The monoisotopic (exact) mass is 241 g/mol. The summed E-state index contributed by atoms with van der Waals surface area (Å²) in [6, 6.07) is 7.73. The third kappa shape index (κ3) is 2.14. The SMILES string of the molecule is COc1ccc(Nc2ncc3c(n2)CCC3)cc1. The molecule has 0 fully saturated rings. The van der Waals surface area contributed by atoms with Crippen LogP contribution in [-0.2, 0) is 12.8 Å². The van der Waals surface area contributed by atoms with Gasteiger partial charge in [0.05, 0.1) is 7.11 Å². The van der Waals surface area contributed by atoms with Gasteiger partial charge in [-0.15, -0.1) is 0 Å². The van der Waals surface area contributed by atoms with Gasteiger partial charge >= 0.3 is 0 Å². The number of methoxy groups -OCH3 is 1. The van der Waals surface area contributed by atoms with Crippen LogP contribution in [0.15, 0.2) is 30.5 Å². The van der Waals surface area contributed by atoms with Gasteiger partial charge in [-0.1, -0.05) is 0 Å². The molecule has 4 heteroatoms. The van der Waals surface area contributed by atoms with Crippen molar-refractivity contribution in [3.63, 3.8) is 0 Å². The Morgan fingerprint density at radius 2 is 2.00 bits per heavy atom. The van der Waals surface area contributed by atoms with Crippen LogP contribution in [0.4, 0.5) is 11.6 Å². The summed E-state index contributed by atoms with van der Waals surface area (Å²) >= 11 is 0. The van der Waals surface area contributed by atoms with Gasteiger partial charge in [0.15, 0.2) is 0 Å². The molecule has 0 bridgehead atoms. The Morgan fingerprint density at radius 3 is 2.78 bits per heavy atom. The molecule has 3 rings (SSSR count). The Morgan fingerprint density at radius 1 is 1.17 bits per heavy atom. The van der Waals surface area contributed by atoms with Crippen LogP contribution in [-0.4, -0.2) is 17.1 Å². The van der Waals surface area contributed by atoms with E-state index < -0.39 is 0 Å². The van der Waals surface area contributed by atoms with E-state index in [0.29, 0.717) is 5.95 Å². The third-order valence-electron chi connectivity index (χ3n) is 3.16. The van der Waals surface area contributed by atoms with Crippen molar-refractivity contribution < 1.29 is 4.74 Å². The van der Waals surface area contributed by atoms with Crippen molar-refractivity contribution >= 4 is 11.6 Å². The van der Waals surface area contributed by atoms with Crippen molar-refractivity contribution in [2.24, 2.45) is 0 Å². The van der Waals surface area contributed by atoms with Crippen LogP contribution in [0.5, 0.6) is 5.75 Å². The highest BCUT2D eigenvalue weighted by molar-refractivity contribution is 5.54. The van der Waals surface area contributed by atoms with Crippen molar-refractivity contribution in [1.29, 1.82) is 0 Å². The lowest BCUT2D eigenvalue weighted by molar-refractivity contribution is 0.415. The molecule has 0 saturated heterocycles. The van der Waals surface area contributed by atoms with Crippen LogP contribution < -0.4 is 10.1 Å². The number of aryl methyl sites for hydroxylation is 2. The topological polar surface area (TPSA) is 47.0 Å². The summed E-state index contributed by atoms with van der Waals surface area (Å²) in [5.74, 6) is 1.51. The quantitative estimate of drug-likeness (QED) is 0.897. The maximum atomic E-state index is 5.12. The first-order valence-electron chi connectivity index (χ1n) is 6.11. The first-order valence-corrected chi connectivity index (χ1v) is 6.11. The fourth-order valence-corrected chi connectivity index (χ4v) is 2.18. The summed E-state index contributed by atoms with van der Waals surface area (Å²) in [5, 5.41) is 3.21. The highest BCUT2D eigenvalue weighted by Crippen LogP contribution is 2.22. The minimum Gasteiger partial charge on any atom is -0.497 e. The number of anilines is 2. The number of rotatable bonds is 3. The number of hydrogen-bond acceptors (Lipinski definition) is 4. The number of aromatic nitrogens is 2. The molecule has 1 aromatic heterocycles. The number of nitrogens with one attached hydrogen (secondary N) is 1. The molecule has 18 heavy (non-hydrogen) atoms. The molecule has 1 heterocycles. The van der Waals surface area contributed by atoms with Crippen LogP contribution in [0.3, 0.4) is 0 Å². The largest absolute Gasteiger partial charge is 0.497 e. The van der Waals surface area contributed by atoms with Gasteiger partial charge in [-0.3, -0.25) is 0 Å². The van der Waals surface area contributed by atoms with Gasteiger partial charge < -0.3 is 10.1 Å². The zero-order valence-electron chi connectivity index (χ0n) is 10.3. The molecule has 0 amide bonds. The average Bonchev–Trinajstić information content (AvgIpc) is 2.87. The maximum absolute atomic E-state index is 5.12. The lowest BCUT2D eigenvalue weighted by Crippen LogP contribution is -2.00. The Kier molecular flexibility index (Phi) is 2.84. The molecule has 0 radical (unpaired) electrons. The fraction of sp³-hybridized carbons (Fsp3) is 0.286. The second-order valence-corrected chi connectivity index (χ2v) is 4.37. The number of ether oxygens (including phenoxy) is 1. The standard InChI is InChI=1S/C14H15N3O/c1-18-12-7-5-11(6-8-12)16-14-15-9-10-3-2-4-13(10)17-14/h5-9H,2-4H2,1H3,(H,15,16,17). The first kappa shape index (κ1) is 11.0. The summed E-state index contributed by atoms with van der Waals surface area (Å²) in [4.78, 5) is 8.87. The van der Waals surface area contributed by atoms with Crippen molar-refractivity contribution in [2.75, 3.05) is 12.4 Å². The molecule has 1 aromatic carbocycles. The van der Waals surface area contributed by atoms with Gasteiger partial charge in [0.1, 0.15) is 5.75 Å². The van der Waals surface area contributed by atoms with E-state index in [2.05, 4.69) is 15.3 Å². The summed E-state index contributed by atoms with van der Waals surface area (Å²) in [7, 11) is 1.66. The molecule has 4 nitrogen and oxygen atoms in total. The lowest BCUT2D eigenvalue weighted by Gasteiger charge is -2.07. The van der Waals surface area contributed by atoms with Gasteiger partial charge in [0, 0.05) is 17.6 Å². The van der Waals surface area contributed by atoms with Crippen LogP contribution in [0.1, 0.15) is 17.7 Å². The van der Waals surface area contributed by atoms with E-state index in [-0.39, 0.29) is 0 Å². The van der Waals surface area contributed by atoms with E-state index in [9.17, 15) is 0 Å². The van der Waals surface area contributed by atoms with Gasteiger partial charge in [0.25, 0.3) is 0 Å². The normalized spacial score (nSPS) is 13.2. The molecule has 0 aliphatic heterocycles. The highest BCUT2D eigenvalue weighted by atomic mass is 16.5. The molecule has 1 aliphatic carbocycles. The molecule has 92 valence electrons. The zero-order chi connectivity index (χ0) is 12.4. The predicted molar refractivity (Wildman–Crippen MR) is 70.3 cm³/mol. The molecule has 1 aliphatic rings. The van der Waals surface area contributed by atoms with Crippen LogP contribution >= 0.6 is 0 Å². The smallest absolute Gasteiger partial charge is 0.227 e. The van der Waals surface area contributed by atoms with Crippen molar-refractivity contribution in [3.05, 3.63) is 41.7 Å². The molecular weight excluding hydrogens is 226 g/mol. The number of hydrogen-bond donors (Lipinski definition) is 1. The summed E-state index contributed by atoms with van der Waals surface area (Å²) < 4.78 is 5.12. The number of fused-ring (bicyclic) bond motifs is 1. The fourth-order valence-electron chi connectivity index (χ4n) is 2.18. The zero-order valence-corrected chi connectivity index (χ0v) is 10.3. The predicted octanol–water partition coefficient (Wildman–Crippen LogP) is 2.72. The highest BCUT2D eigenvalue weighted by Gasteiger charge is 2.13. The van der Waals surface area contributed by atoms with E-state index >= 15 is 0 Å². The molecular formula is C14H15N3O. The van der Waals surface area contributed by atoms with E-state index in [1.165, 1.54) is 17.7 Å². The Hall–Kier alpha value is -2.10. The van der Waals surface area contributed by atoms with E-state index in [1.807, 2.05) is 30.5 Å². The van der Waals surface area contributed by atoms with Crippen molar-refractivity contribution in [2.45, 2.75) is 19.3 Å². The summed E-state index contributed by atoms with van der Waals surface area (Å²) in [5.41, 5.74) is 3.44. The molecule has 0 unspecified atom stereocenters. The number of benzene rings is 1. The van der Waals surface area contributed by atoms with E-state index in [0.717, 1.165) is 24.3 Å². The summed E-state index contributed by atoms with van der Waals surface area (Å²) in [6.07, 6.45) is 5.30. The Bertz CT molecular complexity index is 551. The minimum atomic E-state index is 0.667. The van der Waals surface area contributed by atoms with Gasteiger partial charge in [-0.2, -0.15) is 0 Å². The van der Waals surface area contributed by atoms with Gasteiger partial charge in [0.2, 0.25) is 5.95 Å².